The Morgan fingerprint density at radius 1 is 1.23 bits per heavy atom. The molecule has 7 nitrogen and oxygen atoms in total. The van der Waals surface area contributed by atoms with Crippen LogP contribution in [0.25, 0.3) is 11.4 Å². The summed E-state index contributed by atoms with van der Waals surface area (Å²) in [7, 11) is 0. The van der Waals surface area contributed by atoms with Gasteiger partial charge in [-0.3, -0.25) is 9.59 Å². The standard InChI is InChI=1S/C22H21FN4O3/c1-12(2)19(22-26-20(27-30-22)13-6-4-3-5-7-13)25-21(29)16-11-18(28)24-17-10-14(23)8-9-15(16)17/h3-10,12,16,19H,11H2,1-2H3,(H,24,28)(H,25,29)/t16-,19-/m1/s1. The lowest BCUT2D eigenvalue weighted by Gasteiger charge is -2.27. The first-order valence-electron chi connectivity index (χ1n) is 9.71. The quantitative estimate of drug-likeness (QED) is 0.669. The summed E-state index contributed by atoms with van der Waals surface area (Å²) in [6, 6.07) is 12.9. The monoisotopic (exact) mass is 408 g/mol. The van der Waals surface area contributed by atoms with Crippen LogP contribution in [0.3, 0.4) is 0 Å². The predicted molar refractivity (Wildman–Crippen MR) is 108 cm³/mol. The molecule has 2 atom stereocenters. The number of amides is 2. The minimum absolute atomic E-state index is 0.0195. The van der Waals surface area contributed by atoms with E-state index < -0.39 is 17.8 Å². The average Bonchev–Trinajstić information content (AvgIpc) is 3.21. The number of benzene rings is 2. The zero-order valence-electron chi connectivity index (χ0n) is 16.6. The molecule has 3 aromatic rings. The molecule has 154 valence electrons. The van der Waals surface area contributed by atoms with E-state index in [1.54, 1.807) is 0 Å². The first-order chi connectivity index (χ1) is 14.4. The molecule has 1 aromatic heterocycles. The van der Waals surface area contributed by atoms with Crippen molar-refractivity contribution in [1.82, 2.24) is 15.5 Å². The van der Waals surface area contributed by atoms with Crippen molar-refractivity contribution in [2.45, 2.75) is 32.2 Å². The van der Waals surface area contributed by atoms with Gasteiger partial charge in [-0.1, -0.05) is 55.4 Å². The third-order valence-electron chi connectivity index (χ3n) is 5.08. The number of halogens is 1. The summed E-state index contributed by atoms with van der Waals surface area (Å²) < 4.78 is 19.0. The van der Waals surface area contributed by atoms with Crippen molar-refractivity contribution in [3.63, 3.8) is 0 Å². The number of hydrogen-bond donors (Lipinski definition) is 2. The van der Waals surface area contributed by atoms with Crippen molar-refractivity contribution in [3.05, 3.63) is 65.8 Å². The molecule has 0 spiro atoms. The summed E-state index contributed by atoms with van der Waals surface area (Å²) in [5.41, 5.74) is 1.70. The van der Waals surface area contributed by atoms with Gasteiger partial charge in [0.05, 0.1) is 5.92 Å². The van der Waals surface area contributed by atoms with E-state index in [9.17, 15) is 14.0 Å². The topological polar surface area (TPSA) is 97.1 Å². The SMILES string of the molecule is CC(C)[C@@H](NC(=O)[C@@H]1CC(=O)Nc2cc(F)ccc21)c1nc(-c2ccccc2)no1. The summed E-state index contributed by atoms with van der Waals surface area (Å²) in [5, 5.41) is 9.57. The molecule has 1 aliphatic rings. The second kappa shape index (κ2) is 8.06. The Hall–Kier alpha value is -3.55. The van der Waals surface area contributed by atoms with Crippen molar-refractivity contribution in [1.29, 1.82) is 0 Å². The van der Waals surface area contributed by atoms with Gasteiger partial charge in [0.15, 0.2) is 0 Å². The van der Waals surface area contributed by atoms with Gasteiger partial charge in [-0.25, -0.2) is 4.39 Å². The molecule has 0 aliphatic carbocycles. The van der Waals surface area contributed by atoms with Crippen LogP contribution in [-0.2, 0) is 9.59 Å². The largest absolute Gasteiger partial charge is 0.343 e. The molecule has 1 aliphatic heterocycles. The Balaban J connectivity index is 1.58. The van der Waals surface area contributed by atoms with Crippen LogP contribution < -0.4 is 10.6 Å². The highest BCUT2D eigenvalue weighted by Gasteiger charge is 2.34. The van der Waals surface area contributed by atoms with Crippen LogP contribution in [0.4, 0.5) is 10.1 Å². The fraction of sp³-hybridized carbons (Fsp3) is 0.273. The minimum atomic E-state index is -0.730. The van der Waals surface area contributed by atoms with E-state index in [0.29, 0.717) is 17.1 Å². The van der Waals surface area contributed by atoms with Gasteiger partial charge in [-0.2, -0.15) is 4.98 Å². The fourth-order valence-corrected chi connectivity index (χ4v) is 3.50. The van der Waals surface area contributed by atoms with Crippen LogP contribution in [-0.4, -0.2) is 22.0 Å². The van der Waals surface area contributed by atoms with Crippen LogP contribution in [0, 0.1) is 11.7 Å². The van der Waals surface area contributed by atoms with Gasteiger partial charge < -0.3 is 15.2 Å². The molecular weight excluding hydrogens is 387 g/mol. The first-order valence-corrected chi connectivity index (χ1v) is 9.71. The third kappa shape index (κ3) is 3.94. The third-order valence-corrected chi connectivity index (χ3v) is 5.08. The molecule has 8 heteroatoms. The molecule has 2 heterocycles. The molecular formula is C22H21FN4O3. The van der Waals surface area contributed by atoms with Crippen molar-refractivity contribution < 1.29 is 18.5 Å². The maximum Gasteiger partial charge on any atom is 0.249 e. The molecule has 2 N–H and O–H groups in total. The lowest BCUT2D eigenvalue weighted by Crippen LogP contribution is -2.38. The summed E-state index contributed by atoms with van der Waals surface area (Å²) in [6.45, 7) is 3.85. The Labute approximate surface area is 172 Å². The molecule has 4 rings (SSSR count). The number of fused-ring (bicyclic) bond motifs is 1. The second-order valence-corrected chi connectivity index (χ2v) is 7.59. The van der Waals surface area contributed by atoms with E-state index in [-0.39, 0.29) is 30.0 Å². The maximum atomic E-state index is 13.5. The average molecular weight is 408 g/mol. The zero-order chi connectivity index (χ0) is 21.3. The Morgan fingerprint density at radius 2 is 2.00 bits per heavy atom. The van der Waals surface area contributed by atoms with Crippen LogP contribution >= 0.6 is 0 Å². The highest BCUT2D eigenvalue weighted by Crippen LogP contribution is 2.34. The minimum Gasteiger partial charge on any atom is -0.343 e. The Bertz CT molecular complexity index is 1080. The van der Waals surface area contributed by atoms with E-state index in [1.807, 2.05) is 44.2 Å². The van der Waals surface area contributed by atoms with Crippen molar-refractivity contribution in [2.24, 2.45) is 5.92 Å². The number of hydrogen-bond acceptors (Lipinski definition) is 5. The van der Waals surface area contributed by atoms with Gasteiger partial charge in [0.2, 0.25) is 23.5 Å². The van der Waals surface area contributed by atoms with Gasteiger partial charge in [0.1, 0.15) is 11.9 Å². The number of aromatic nitrogens is 2. The number of nitrogens with zero attached hydrogens (tertiary/aromatic N) is 2. The van der Waals surface area contributed by atoms with Gasteiger partial charge in [-0.05, 0) is 23.6 Å². The predicted octanol–water partition coefficient (Wildman–Crippen LogP) is 3.82. The summed E-state index contributed by atoms with van der Waals surface area (Å²) in [6.07, 6.45) is -0.0195. The van der Waals surface area contributed by atoms with Crippen molar-refractivity contribution in [3.8, 4) is 11.4 Å². The highest BCUT2D eigenvalue weighted by atomic mass is 19.1. The van der Waals surface area contributed by atoms with Gasteiger partial charge in [0.25, 0.3) is 0 Å². The number of carbonyl (C=O) groups excluding carboxylic acids is 2. The summed E-state index contributed by atoms with van der Waals surface area (Å²) >= 11 is 0. The number of anilines is 1. The number of nitrogens with one attached hydrogen (secondary N) is 2. The van der Waals surface area contributed by atoms with E-state index >= 15 is 0 Å². The molecule has 30 heavy (non-hydrogen) atoms. The van der Waals surface area contributed by atoms with Crippen LogP contribution in [0.15, 0.2) is 53.1 Å². The van der Waals surface area contributed by atoms with Gasteiger partial charge in [-0.15, -0.1) is 0 Å². The van der Waals surface area contributed by atoms with Crippen molar-refractivity contribution in [2.75, 3.05) is 5.32 Å². The van der Waals surface area contributed by atoms with Crippen molar-refractivity contribution >= 4 is 17.5 Å². The smallest absolute Gasteiger partial charge is 0.249 e. The van der Waals surface area contributed by atoms with E-state index in [4.69, 9.17) is 4.52 Å². The fourth-order valence-electron chi connectivity index (χ4n) is 3.50. The molecule has 0 bridgehead atoms. The zero-order valence-corrected chi connectivity index (χ0v) is 16.6. The van der Waals surface area contributed by atoms with E-state index in [1.165, 1.54) is 18.2 Å². The van der Waals surface area contributed by atoms with E-state index in [0.717, 1.165) is 5.56 Å². The lowest BCUT2D eigenvalue weighted by molar-refractivity contribution is -0.127. The highest BCUT2D eigenvalue weighted by molar-refractivity contribution is 6.01. The number of carbonyl (C=O) groups is 2. The molecule has 0 saturated heterocycles. The molecule has 0 radical (unpaired) electrons. The maximum absolute atomic E-state index is 13.5. The van der Waals surface area contributed by atoms with E-state index in [2.05, 4.69) is 20.8 Å². The van der Waals surface area contributed by atoms with Gasteiger partial charge in [0, 0.05) is 17.7 Å². The Kier molecular flexibility index (Phi) is 5.31. The molecule has 0 saturated carbocycles. The molecule has 0 unspecified atom stereocenters. The number of rotatable bonds is 5. The normalized spacial score (nSPS) is 16.7. The van der Waals surface area contributed by atoms with Gasteiger partial charge >= 0.3 is 0 Å². The molecule has 2 amide bonds. The lowest BCUT2D eigenvalue weighted by atomic mass is 9.89. The second-order valence-electron chi connectivity index (χ2n) is 7.59. The van der Waals surface area contributed by atoms with Crippen LogP contribution in [0.1, 0.15) is 43.7 Å². The summed E-state index contributed by atoms with van der Waals surface area (Å²) in [4.78, 5) is 29.6. The van der Waals surface area contributed by atoms with Crippen LogP contribution in [0.2, 0.25) is 0 Å². The molecule has 0 fully saturated rings. The molecule has 2 aromatic carbocycles. The Morgan fingerprint density at radius 3 is 2.73 bits per heavy atom. The first kappa shape index (κ1) is 19.8. The van der Waals surface area contributed by atoms with Crippen LogP contribution in [0.5, 0.6) is 0 Å². The summed E-state index contributed by atoms with van der Waals surface area (Å²) in [5.74, 6) is -1.21.